The minimum atomic E-state index is -0.458. The molecule has 5 heteroatoms. The van der Waals surface area contributed by atoms with Crippen LogP contribution in [0.5, 0.6) is 0 Å². The molecule has 0 radical (unpaired) electrons. The molecule has 0 amide bonds. The van der Waals surface area contributed by atoms with Gasteiger partial charge in [-0.3, -0.25) is 0 Å². The summed E-state index contributed by atoms with van der Waals surface area (Å²) in [5.41, 5.74) is 0.674. The maximum absolute atomic E-state index is 14.0. The van der Waals surface area contributed by atoms with Crippen LogP contribution < -0.4 is 5.32 Å². The molecule has 1 atom stereocenters. The van der Waals surface area contributed by atoms with Crippen LogP contribution in [-0.4, -0.2) is 24.5 Å². The van der Waals surface area contributed by atoms with E-state index in [0.717, 1.165) is 19.4 Å². The lowest BCUT2D eigenvalue weighted by Gasteiger charge is -2.11. The van der Waals surface area contributed by atoms with E-state index >= 15 is 0 Å². The Labute approximate surface area is 122 Å². The van der Waals surface area contributed by atoms with E-state index in [-0.39, 0.29) is 11.0 Å². The molecule has 1 unspecified atom stereocenters. The lowest BCUT2D eigenvalue weighted by molar-refractivity contribution is 0.129. The second-order valence-electron chi connectivity index (χ2n) is 5.49. The van der Waals surface area contributed by atoms with Crippen molar-refractivity contribution in [1.29, 1.82) is 0 Å². The van der Waals surface area contributed by atoms with Crippen LogP contribution >= 0.6 is 11.8 Å². The molecule has 0 spiro atoms. The summed E-state index contributed by atoms with van der Waals surface area (Å²) >= 11 is 1.22. The minimum absolute atomic E-state index is 0.121. The van der Waals surface area contributed by atoms with Gasteiger partial charge in [-0.25, -0.2) is 8.78 Å². The highest BCUT2D eigenvalue weighted by Gasteiger charge is 2.21. The van der Waals surface area contributed by atoms with Crippen LogP contribution in [0.4, 0.5) is 8.78 Å². The van der Waals surface area contributed by atoms with Crippen molar-refractivity contribution in [1.82, 2.24) is 5.32 Å². The van der Waals surface area contributed by atoms with E-state index in [1.807, 2.05) is 0 Å². The zero-order valence-electron chi connectivity index (χ0n) is 11.3. The molecule has 1 N–H and O–H groups in total. The molecule has 1 aromatic rings. The average Bonchev–Trinajstić information content (AvgIpc) is 3.10. The molecule has 2 fully saturated rings. The lowest BCUT2D eigenvalue weighted by Crippen LogP contribution is -2.15. The third-order valence-corrected chi connectivity index (χ3v) is 4.88. The number of thioether (sulfide) groups is 1. The average molecular weight is 299 g/mol. The Morgan fingerprint density at radius 3 is 2.55 bits per heavy atom. The van der Waals surface area contributed by atoms with Gasteiger partial charge in [0.25, 0.3) is 0 Å². The van der Waals surface area contributed by atoms with Gasteiger partial charge >= 0.3 is 0 Å². The molecular weight excluding hydrogens is 280 g/mol. The van der Waals surface area contributed by atoms with Crippen molar-refractivity contribution >= 4 is 11.8 Å². The molecule has 1 aliphatic heterocycles. The molecule has 0 bridgehead atoms. The molecule has 1 aromatic carbocycles. The number of ether oxygens (including phenoxy) is 1. The maximum Gasteiger partial charge on any atom is 0.140 e. The predicted octanol–water partition coefficient (Wildman–Crippen LogP) is 3.49. The maximum atomic E-state index is 14.0. The fourth-order valence-electron chi connectivity index (χ4n) is 2.35. The minimum Gasteiger partial charge on any atom is -0.377 e. The van der Waals surface area contributed by atoms with Crippen molar-refractivity contribution < 1.29 is 13.5 Å². The molecule has 1 saturated heterocycles. The third-order valence-electron chi connectivity index (χ3n) is 3.67. The van der Waals surface area contributed by atoms with E-state index in [9.17, 15) is 8.78 Å². The molecule has 2 nitrogen and oxygen atoms in total. The topological polar surface area (TPSA) is 21.3 Å². The van der Waals surface area contributed by atoms with Crippen LogP contribution in [-0.2, 0) is 11.3 Å². The summed E-state index contributed by atoms with van der Waals surface area (Å²) in [6.07, 6.45) is 4.50. The van der Waals surface area contributed by atoms with Crippen molar-refractivity contribution in [2.45, 2.75) is 49.3 Å². The molecule has 3 rings (SSSR count). The Bertz CT molecular complexity index is 450. The van der Waals surface area contributed by atoms with Crippen molar-refractivity contribution in [2.75, 3.05) is 12.4 Å². The highest BCUT2D eigenvalue weighted by molar-refractivity contribution is 7.99. The normalized spacial score (nSPS) is 22.4. The second-order valence-corrected chi connectivity index (χ2v) is 6.52. The van der Waals surface area contributed by atoms with Crippen LogP contribution in [0.3, 0.4) is 0 Å². The summed E-state index contributed by atoms with van der Waals surface area (Å²) < 4.78 is 33.5. The van der Waals surface area contributed by atoms with E-state index in [2.05, 4.69) is 5.32 Å². The van der Waals surface area contributed by atoms with Gasteiger partial charge in [0.05, 0.1) is 11.0 Å². The molecule has 110 valence electrons. The largest absolute Gasteiger partial charge is 0.377 e. The standard InChI is InChI=1S/C15H19F2NOS/c16-13-6-10(8-18-11-3-4-11)7-14(17)15(13)20-9-12-2-1-5-19-12/h6-7,11-12,18H,1-5,8-9H2. The third kappa shape index (κ3) is 3.71. The molecule has 0 aromatic heterocycles. The quantitative estimate of drug-likeness (QED) is 0.813. The van der Waals surface area contributed by atoms with Crippen LogP contribution in [0, 0.1) is 11.6 Å². The van der Waals surface area contributed by atoms with E-state index in [4.69, 9.17) is 4.74 Å². The van der Waals surface area contributed by atoms with Gasteiger partial charge < -0.3 is 10.1 Å². The van der Waals surface area contributed by atoms with Gasteiger partial charge in [-0.05, 0) is 43.4 Å². The van der Waals surface area contributed by atoms with Crippen molar-refractivity contribution in [2.24, 2.45) is 0 Å². The van der Waals surface area contributed by atoms with E-state index in [1.54, 1.807) is 0 Å². The summed E-state index contributed by atoms with van der Waals surface area (Å²) in [4.78, 5) is 0.121. The molecule has 20 heavy (non-hydrogen) atoms. The Morgan fingerprint density at radius 2 is 1.95 bits per heavy atom. The smallest absolute Gasteiger partial charge is 0.140 e. The highest BCUT2D eigenvalue weighted by atomic mass is 32.2. The number of halogens is 2. The SMILES string of the molecule is Fc1cc(CNC2CC2)cc(F)c1SCC1CCCO1. The van der Waals surface area contributed by atoms with Crippen molar-refractivity contribution in [3.8, 4) is 0 Å². The first kappa shape index (κ1) is 14.3. The van der Waals surface area contributed by atoms with Crippen molar-refractivity contribution in [3.63, 3.8) is 0 Å². The monoisotopic (exact) mass is 299 g/mol. The fourth-order valence-corrected chi connectivity index (χ4v) is 3.36. The van der Waals surface area contributed by atoms with E-state index < -0.39 is 11.6 Å². The first-order chi connectivity index (χ1) is 9.72. The summed E-state index contributed by atoms with van der Waals surface area (Å²) in [7, 11) is 0. The molecule has 1 aliphatic carbocycles. The Balaban J connectivity index is 1.60. The summed E-state index contributed by atoms with van der Waals surface area (Å²) in [6.45, 7) is 1.30. The van der Waals surface area contributed by atoms with Gasteiger partial charge in [0, 0.05) is 24.9 Å². The van der Waals surface area contributed by atoms with Gasteiger partial charge in [0.1, 0.15) is 11.6 Å². The zero-order valence-corrected chi connectivity index (χ0v) is 12.1. The molecule has 1 saturated carbocycles. The van der Waals surface area contributed by atoms with Gasteiger partial charge in [-0.15, -0.1) is 11.8 Å². The summed E-state index contributed by atoms with van der Waals surface area (Å²) in [6, 6.07) is 3.42. The summed E-state index contributed by atoms with van der Waals surface area (Å²) in [5, 5.41) is 3.26. The van der Waals surface area contributed by atoms with Crippen molar-refractivity contribution in [3.05, 3.63) is 29.3 Å². The van der Waals surface area contributed by atoms with Gasteiger partial charge in [0.2, 0.25) is 0 Å². The number of benzene rings is 1. The predicted molar refractivity (Wildman–Crippen MR) is 75.9 cm³/mol. The Hall–Kier alpha value is -0.650. The molecule has 2 aliphatic rings. The van der Waals surface area contributed by atoms with Crippen LogP contribution in [0.1, 0.15) is 31.2 Å². The van der Waals surface area contributed by atoms with Crippen LogP contribution in [0.2, 0.25) is 0 Å². The van der Waals surface area contributed by atoms with Crippen LogP contribution in [0.25, 0.3) is 0 Å². The van der Waals surface area contributed by atoms with E-state index in [0.29, 0.717) is 23.9 Å². The fraction of sp³-hybridized carbons (Fsp3) is 0.600. The molecular formula is C15H19F2NOS. The summed E-state index contributed by atoms with van der Waals surface area (Å²) in [5.74, 6) is -0.297. The molecule has 1 heterocycles. The number of rotatable bonds is 6. The highest BCUT2D eigenvalue weighted by Crippen LogP contribution is 2.29. The van der Waals surface area contributed by atoms with Crippen LogP contribution in [0.15, 0.2) is 17.0 Å². The zero-order chi connectivity index (χ0) is 13.9. The Morgan fingerprint density at radius 1 is 1.20 bits per heavy atom. The number of nitrogens with one attached hydrogen (secondary N) is 1. The number of hydrogen-bond acceptors (Lipinski definition) is 3. The van der Waals surface area contributed by atoms with E-state index in [1.165, 1.54) is 36.7 Å². The van der Waals surface area contributed by atoms with Gasteiger partial charge in [0.15, 0.2) is 0 Å². The van der Waals surface area contributed by atoms with Gasteiger partial charge in [-0.1, -0.05) is 0 Å². The Kier molecular flexibility index (Phi) is 4.58. The first-order valence-corrected chi connectivity index (χ1v) is 8.16. The lowest BCUT2D eigenvalue weighted by atomic mass is 10.2. The van der Waals surface area contributed by atoms with Gasteiger partial charge in [-0.2, -0.15) is 0 Å². The first-order valence-electron chi connectivity index (χ1n) is 7.18. The second kappa shape index (κ2) is 6.41. The number of hydrogen-bond donors (Lipinski definition) is 1.